The second-order valence-corrected chi connectivity index (χ2v) is 5.14. The number of aromatic nitrogens is 2. The smallest absolute Gasteiger partial charge is 0.206 e. The lowest BCUT2D eigenvalue weighted by atomic mass is 10.2. The van der Waals surface area contributed by atoms with Gasteiger partial charge in [-0.05, 0) is 30.7 Å². The van der Waals surface area contributed by atoms with Gasteiger partial charge in [0.1, 0.15) is 11.6 Å². The lowest BCUT2D eigenvalue weighted by Gasteiger charge is -2.12. The lowest BCUT2D eigenvalue weighted by molar-refractivity contribution is 0.413. The van der Waals surface area contributed by atoms with E-state index in [-0.39, 0.29) is 11.0 Å². The number of halogens is 2. The van der Waals surface area contributed by atoms with Crippen molar-refractivity contribution in [3.8, 4) is 11.4 Å². The first kappa shape index (κ1) is 13.7. The van der Waals surface area contributed by atoms with Crippen LogP contribution in [0, 0.1) is 12.7 Å². The normalized spacial score (nSPS) is 11.0. The van der Waals surface area contributed by atoms with Crippen molar-refractivity contribution < 1.29 is 9.13 Å². The molecule has 0 aliphatic carbocycles. The number of methoxy groups -OCH3 is 1. The third kappa shape index (κ3) is 2.19. The van der Waals surface area contributed by atoms with Crippen molar-refractivity contribution in [2.24, 2.45) is 0 Å². The number of ether oxygens (including phenoxy) is 1. The number of imidazole rings is 1. The van der Waals surface area contributed by atoms with Crippen LogP contribution in [0.15, 0.2) is 30.3 Å². The van der Waals surface area contributed by atoms with E-state index in [0.717, 1.165) is 11.3 Å². The van der Waals surface area contributed by atoms with E-state index in [4.69, 9.17) is 22.1 Å². The Labute approximate surface area is 125 Å². The fraction of sp³-hybridized carbons (Fsp3) is 0.133. The van der Waals surface area contributed by atoms with Gasteiger partial charge in [-0.3, -0.25) is 4.57 Å². The summed E-state index contributed by atoms with van der Waals surface area (Å²) in [5.41, 5.74) is 8.84. The number of fused-ring (bicyclic) bond motifs is 1. The number of benzene rings is 2. The number of rotatable bonds is 2. The SMILES string of the molecule is COc1ccc(C)cc1-n1c(N)nc2cc(F)c(Cl)cc21. The Bertz CT molecular complexity index is 845. The van der Waals surface area contributed by atoms with E-state index in [1.165, 1.54) is 12.1 Å². The second-order valence-electron chi connectivity index (χ2n) is 4.74. The van der Waals surface area contributed by atoms with Crippen molar-refractivity contribution in [2.45, 2.75) is 6.92 Å². The minimum Gasteiger partial charge on any atom is -0.495 e. The molecule has 0 radical (unpaired) electrons. The number of aryl methyl sites for hydroxylation is 1. The lowest BCUT2D eigenvalue weighted by Crippen LogP contribution is -2.03. The topological polar surface area (TPSA) is 53.1 Å². The number of hydrogen-bond acceptors (Lipinski definition) is 3. The zero-order chi connectivity index (χ0) is 15.1. The molecular formula is C15H13ClFN3O. The molecule has 0 aliphatic heterocycles. The number of nitrogens with two attached hydrogens (primary N) is 1. The van der Waals surface area contributed by atoms with Crippen LogP contribution < -0.4 is 10.5 Å². The third-order valence-electron chi connectivity index (χ3n) is 3.30. The van der Waals surface area contributed by atoms with Crippen LogP contribution in [-0.4, -0.2) is 16.7 Å². The largest absolute Gasteiger partial charge is 0.495 e. The summed E-state index contributed by atoms with van der Waals surface area (Å²) in [4.78, 5) is 4.18. The highest BCUT2D eigenvalue weighted by Crippen LogP contribution is 2.32. The van der Waals surface area contributed by atoms with Gasteiger partial charge in [0, 0.05) is 6.07 Å². The Morgan fingerprint density at radius 3 is 2.76 bits per heavy atom. The van der Waals surface area contributed by atoms with Crippen LogP contribution in [0.25, 0.3) is 16.7 Å². The molecule has 0 amide bonds. The maximum atomic E-state index is 13.6. The molecule has 6 heteroatoms. The van der Waals surface area contributed by atoms with Crippen molar-refractivity contribution in [1.82, 2.24) is 9.55 Å². The molecule has 0 bridgehead atoms. The summed E-state index contributed by atoms with van der Waals surface area (Å²) < 4.78 is 20.6. The van der Waals surface area contributed by atoms with E-state index >= 15 is 0 Å². The van der Waals surface area contributed by atoms with Gasteiger partial charge >= 0.3 is 0 Å². The Hall–Kier alpha value is -2.27. The maximum absolute atomic E-state index is 13.6. The summed E-state index contributed by atoms with van der Waals surface area (Å²) >= 11 is 5.87. The van der Waals surface area contributed by atoms with Crippen molar-refractivity contribution >= 4 is 28.6 Å². The van der Waals surface area contributed by atoms with E-state index in [0.29, 0.717) is 16.8 Å². The molecule has 0 spiro atoms. The van der Waals surface area contributed by atoms with Gasteiger partial charge in [-0.25, -0.2) is 9.37 Å². The van der Waals surface area contributed by atoms with E-state index in [2.05, 4.69) is 4.98 Å². The first-order chi connectivity index (χ1) is 10.0. The molecule has 1 heterocycles. The number of nitrogens with zero attached hydrogens (tertiary/aromatic N) is 2. The van der Waals surface area contributed by atoms with Crippen molar-refractivity contribution in [3.63, 3.8) is 0 Å². The van der Waals surface area contributed by atoms with E-state index in [1.54, 1.807) is 11.7 Å². The molecule has 1 aromatic heterocycles. The Morgan fingerprint density at radius 2 is 2.05 bits per heavy atom. The fourth-order valence-corrected chi connectivity index (χ4v) is 2.48. The van der Waals surface area contributed by atoms with Crippen molar-refractivity contribution in [2.75, 3.05) is 12.8 Å². The Kier molecular flexibility index (Phi) is 3.22. The molecule has 0 saturated heterocycles. The summed E-state index contributed by atoms with van der Waals surface area (Å²) in [5.74, 6) is 0.368. The highest BCUT2D eigenvalue weighted by Gasteiger charge is 2.16. The molecule has 2 aromatic carbocycles. The van der Waals surface area contributed by atoms with Gasteiger partial charge in [0.2, 0.25) is 5.95 Å². The van der Waals surface area contributed by atoms with Crippen LogP contribution in [0.4, 0.5) is 10.3 Å². The van der Waals surface area contributed by atoms with Gasteiger partial charge in [-0.15, -0.1) is 0 Å². The summed E-state index contributed by atoms with van der Waals surface area (Å²) in [5, 5.41) is 0.0234. The van der Waals surface area contributed by atoms with Crippen molar-refractivity contribution in [3.05, 3.63) is 46.7 Å². The standard InChI is InChI=1S/C15H13ClFN3O/c1-8-3-4-14(21-2)13(5-8)20-12-6-9(16)10(17)7-11(12)19-15(20)18/h3-7H,1-2H3,(H2,18,19). The summed E-state index contributed by atoms with van der Waals surface area (Å²) in [7, 11) is 1.58. The number of anilines is 1. The number of nitrogen functional groups attached to an aromatic ring is 1. The molecule has 0 fully saturated rings. The Morgan fingerprint density at radius 1 is 1.29 bits per heavy atom. The van der Waals surface area contributed by atoms with Gasteiger partial charge < -0.3 is 10.5 Å². The summed E-state index contributed by atoms with van der Waals surface area (Å²) in [6.07, 6.45) is 0. The molecule has 2 N–H and O–H groups in total. The second kappa shape index (κ2) is 4.93. The first-order valence-corrected chi connectivity index (χ1v) is 6.67. The van der Waals surface area contributed by atoms with Crippen LogP contribution in [0.1, 0.15) is 5.56 Å². The van der Waals surface area contributed by atoms with Crippen LogP contribution in [0.5, 0.6) is 5.75 Å². The minimum absolute atomic E-state index is 0.0234. The first-order valence-electron chi connectivity index (χ1n) is 6.29. The predicted molar refractivity (Wildman–Crippen MR) is 81.7 cm³/mol. The zero-order valence-electron chi connectivity index (χ0n) is 11.5. The highest BCUT2D eigenvalue weighted by atomic mass is 35.5. The summed E-state index contributed by atoms with van der Waals surface area (Å²) in [6.45, 7) is 1.96. The third-order valence-corrected chi connectivity index (χ3v) is 3.59. The number of hydrogen-bond donors (Lipinski definition) is 1. The average molecular weight is 306 g/mol. The van der Waals surface area contributed by atoms with E-state index in [9.17, 15) is 4.39 Å². The Balaban J connectivity index is 2.37. The van der Waals surface area contributed by atoms with Gasteiger partial charge in [-0.1, -0.05) is 17.7 Å². The highest BCUT2D eigenvalue weighted by molar-refractivity contribution is 6.31. The molecule has 4 nitrogen and oxygen atoms in total. The van der Waals surface area contributed by atoms with Gasteiger partial charge in [-0.2, -0.15) is 0 Å². The van der Waals surface area contributed by atoms with Gasteiger partial charge in [0.25, 0.3) is 0 Å². The maximum Gasteiger partial charge on any atom is 0.206 e. The van der Waals surface area contributed by atoms with Crippen LogP contribution in [-0.2, 0) is 0 Å². The van der Waals surface area contributed by atoms with Crippen LogP contribution >= 0.6 is 11.6 Å². The molecular weight excluding hydrogens is 293 g/mol. The molecule has 0 atom stereocenters. The molecule has 0 unspecified atom stereocenters. The molecule has 0 saturated carbocycles. The quantitative estimate of drug-likeness (QED) is 0.785. The molecule has 3 rings (SSSR count). The van der Waals surface area contributed by atoms with Crippen molar-refractivity contribution in [1.29, 1.82) is 0 Å². The fourth-order valence-electron chi connectivity index (χ4n) is 2.32. The van der Waals surface area contributed by atoms with E-state index < -0.39 is 5.82 Å². The van der Waals surface area contributed by atoms with Gasteiger partial charge in [0.15, 0.2) is 0 Å². The average Bonchev–Trinajstić information content (AvgIpc) is 2.74. The summed E-state index contributed by atoms with van der Waals surface area (Å²) in [6, 6.07) is 8.49. The molecule has 3 aromatic rings. The molecule has 21 heavy (non-hydrogen) atoms. The van der Waals surface area contributed by atoms with Crippen LogP contribution in [0.3, 0.4) is 0 Å². The predicted octanol–water partition coefficient (Wildman–Crippen LogP) is 3.72. The zero-order valence-corrected chi connectivity index (χ0v) is 12.3. The molecule has 108 valence electrons. The monoisotopic (exact) mass is 305 g/mol. The minimum atomic E-state index is -0.523. The van der Waals surface area contributed by atoms with E-state index in [1.807, 2.05) is 25.1 Å². The molecule has 0 aliphatic rings. The van der Waals surface area contributed by atoms with Crippen LogP contribution in [0.2, 0.25) is 5.02 Å². The van der Waals surface area contributed by atoms with Gasteiger partial charge in [0.05, 0.1) is 28.9 Å².